The largest absolute Gasteiger partial charge is 0.504 e. The Kier molecular flexibility index (Phi) is 7.89. The summed E-state index contributed by atoms with van der Waals surface area (Å²) in [7, 11) is 4.00. The molecule has 186 valence electrons. The standard InChI is InChI=1S/C22H26O12/c1-29-11-4-5-13(12(23)8-11)33-22-20(27)19(26)18(25)16(34-22)9-32-21(28)10-6-14(30-2)17(24)15(7-10)31-3/h4-8,16,18-20,22-27H,9H2,1-3H3/t16-,18-,19+,20-,22-/m1/s1. The molecule has 0 aliphatic carbocycles. The zero-order chi connectivity index (χ0) is 25.0. The monoisotopic (exact) mass is 482 g/mol. The molecule has 12 heteroatoms. The third-order valence-electron chi connectivity index (χ3n) is 5.17. The summed E-state index contributed by atoms with van der Waals surface area (Å²) in [5, 5.41) is 50.8. The molecule has 3 rings (SSSR count). The molecule has 1 fully saturated rings. The van der Waals surface area contributed by atoms with Crippen molar-refractivity contribution in [2.75, 3.05) is 27.9 Å². The highest BCUT2D eigenvalue weighted by molar-refractivity contribution is 5.91. The van der Waals surface area contributed by atoms with Gasteiger partial charge in [-0.2, -0.15) is 0 Å². The second-order valence-corrected chi connectivity index (χ2v) is 7.29. The van der Waals surface area contributed by atoms with Crippen molar-refractivity contribution in [3.8, 4) is 34.5 Å². The zero-order valence-corrected chi connectivity index (χ0v) is 18.6. The van der Waals surface area contributed by atoms with Crippen LogP contribution in [0.15, 0.2) is 30.3 Å². The molecule has 34 heavy (non-hydrogen) atoms. The number of phenols is 2. The number of esters is 1. The molecule has 0 amide bonds. The van der Waals surface area contributed by atoms with Crippen LogP contribution in [0, 0.1) is 0 Å². The average molecular weight is 482 g/mol. The van der Waals surface area contributed by atoms with Gasteiger partial charge in [0.15, 0.2) is 23.0 Å². The number of aliphatic hydroxyl groups excluding tert-OH is 3. The zero-order valence-electron chi connectivity index (χ0n) is 18.6. The van der Waals surface area contributed by atoms with Gasteiger partial charge in [0.25, 0.3) is 0 Å². The van der Waals surface area contributed by atoms with Crippen LogP contribution in [0.25, 0.3) is 0 Å². The number of carbonyl (C=O) groups excluding carboxylic acids is 1. The van der Waals surface area contributed by atoms with E-state index in [2.05, 4.69) is 0 Å². The Morgan fingerprint density at radius 2 is 1.53 bits per heavy atom. The van der Waals surface area contributed by atoms with Crippen LogP contribution in [0.3, 0.4) is 0 Å². The van der Waals surface area contributed by atoms with Crippen molar-refractivity contribution in [1.29, 1.82) is 0 Å². The Hall–Kier alpha value is -3.45. The Bertz CT molecular complexity index is 984. The van der Waals surface area contributed by atoms with Crippen molar-refractivity contribution < 1.29 is 58.7 Å². The van der Waals surface area contributed by atoms with Crippen molar-refractivity contribution in [3.05, 3.63) is 35.9 Å². The number of ether oxygens (including phenoxy) is 6. The number of hydrogen-bond donors (Lipinski definition) is 5. The van der Waals surface area contributed by atoms with Crippen molar-refractivity contribution in [1.82, 2.24) is 0 Å². The van der Waals surface area contributed by atoms with E-state index in [1.165, 1.54) is 51.7 Å². The Balaban J connectivity index is 1.71. The van der Waals surface area contributed by atoms with Crippen LogP contribution in [-0.2, 0) is 9.47 Å². The number of methoxy groups -OCH3 is 3. The van der Waals surface area contributed by atoms with Gasteiger partial charge in [-0.3, -0.25) is 0 Å². The van der Waals surface area contributed by atoms with Gasteiger partial charge in [-0.25, -0.2) is 4.79 Å². The Morgan fingerprint density at radius 3 is 2.09 bits per heavy atom. The number of aromatic hydroxyl groups is 2. The third kappa shape index (κ3) is 5.20. The lowest BCUT2D eigenvalue weighted by atomic mass is 9.99. The first kappa shape index (κ1) is 25.2. The van der Waals surface area contributed by atoms with Gasteiger partial charge in [-0.1, -0.05) is 0 Å². The predicted octanol–water partition coefficient (Wildman–Crippen LogP) is 0.167. The maximum Gasteiger partial charge on any atom is 0.338 e. The number of phenolic OH excluding ortho intramolecular Hbond substituents is 2. The maximum absolute atomic E-state index is 12.5. The molecule has 2 aromatic rings. The van der Waals surface area contributed by atoms with Crippen molar-refractivity contribution in [2.24, 2.45) is 0 Å². The minimum Gasteiger partial charge on any atom is -0.504 e. The Morgan fingerprint density at radius 1 is 0.882 bits per heavy atom. The maximum atomic E-state index is 12.5. The fourth-order valence-corrected chi connectivity index (χ4v) is 3.25. The van der Waals surface area contributed by atoms with Crippen LogP contribution in [0.5, 0.6) is 34.5 Å². The molecule has 1 saturated heterocycles. The van der Waals surface area contributed by atoms with Crippen LogP contribution in [0.4, 0.5) is 0 Å². The number of benzene rings is 2. The highest BCUT2D eigenvalue weighted by Crippen LogP contribution is 2.37. The molecule has 1 aliphatic heterocycles. The van der Waals surface area contributed by atoms with E-state index in [4.69, 9.17) is 28.4 Å². The van der Waals surface area contributed by atoms with Crippen LogP contribution < -0.4 is 18.9 Å². The minimum absolute atomic E-state index is 0.0201. The summed E-state index contributed by atoms with van der Waals surface area (Å²) >= 11 is 0. The lowest BCUT2D eigenvalue weighted by molar-refractivity contribution is -0.277. The van der Waals surface area contributed by atoms with Crippen LogP contribution >= 0.6 is 0 Å². The number of hydrogen-bond acceptors (Lipinski definition) is 12. The van der Waals surface area contributed by atoms with Gasteiger partial charge in [-0.05, 0) is 24.3 Å². The lowest BCUT2D eigenvalue weighted by Crippen LogP contribution is -2.60. The lowest BCUT2D eigenvalue weighted by Gasteiger charge is -2.39. The first-order valence-corrected chi connectivity index (χ1v) is 10.1. The molecule has 5 N–H and O–H groups in total. The fraction of sp³-hybridized carbons (Fsp3) is 0.409. The summed E-state index contributed by atoms with van der Waals surface area (Å²) in [4.78, 5) is 12.5. The third-order valence-corrected chi connectivity index (χ3v) is 5.17. The topological polar surface area (TPSA) is 174 Å². The highest BCUT2D eigenvalue weighted by atomic mass is 16.7. The second kappa shape index (κ2) is 10.7. The van der Waals surface area contributed by atoms with E-state index in [1.54, 1.807) is 0 Å². The quantitative estimate of drug-likeness (QED) is 0.323. The van der Waals surface area contributed by atoms with Gasteiger partial charge >= 0.3 is 5.97 Å². The van der Waals surface area contributed by atoms with Crippen molar-refractivity contribution in [3.63, 3.8) is 0 Å². The summed E-state index contributed by atoms with van der Waals surface area (Å²) in [6.07, 6.45) is -7.77. The van der Waals surface area contributed by atoms with Crippen LogP contribution in [0.2, 0.25) is 0 Å². The first-order valence-electron chi connectivity index (χ1n) is 10.1. The van der Waals surface area contributed by atoms with Crippen molar-refractivity contribution >= 4 is 5.97 Å². The molecule has 1 heterocycles. The van der Waals surface area contributed by atoms with E-state index >= 15 is 0 Å². The molecule has 0 spiro atoms. The summed E-state index contributed by atoms with van der Waals surface area (Å²) < 4.78 is 31.1. The van der Waals surface area contributed by atoms with Crippen molar-refractivity contribution in [2.45, 2.75) is 30.7 Å². The molecule has 0 unspecified atom stereocenters. The predicted molar refractivity (Wildman–Crippen MR) is 113 cm³/mol. The Labute approximate surface area is 194 Å². The molecule has 2 aromatic carbocycles. The number of carbonyl (C=O) groups is 1. The smallest absolute Gasteiger partial charge is 0.338 e. The van der Waals surface area contributed by atoms with Gasteiger partial charge in [0.2, 0.25) is 12.0 Å². The number of rotatable bonds is 8. The minimum atomic E-state index is -1.70. The normalized spacial score (nSPS) is 24.2. The molecule has 5 atom stereocenters. The van der Waals surface area contributed by atoms with Gasteiger partial charge in [0.1, 0.15) is 36.8 Å². The molecular formula is C22H26O12. The van der Waals surface area contributed by atoms with E-state index < -0.39 is 43.3 Å². The van der Waals surface area contributed by atoms with Gasteiger partial charge in [0, 0.05) is 6.07 Å². The summed E-state index contributed by atoms with van der Waals surface area (Å²) in [5.74, 6) is -1.23. The van der Waals surface area contributed by atoms with Crippen LogP contribution in [-0.4, -0.2) is 90.1 Å². The summed E-state index contributed by atoms with van der Waals surface area (Å²) in [5.41, 5.74) is -0.0201. The second-order valence-electron chi connectivity index (χ2n) is 7.29. The molecule has 0 bridgehead atoms. The fourth-order valence-electron chi connectivity index (χ4n) is 3.25. The van der Waals surface area contributed by atoms with E-state index in [-0.39, 0.29) is 34.3 Å². The average Bonchev–Trinajstić information content (AvgIpc) is 2.84. The summed E-state index contributed by atoms with van der Waals surface area (Å²) in [6.45, 7) is -0.524. The highest BCUT2D eigenvalue weighted by Gasteiger charge is 2.45. The molecule has 12 nitrogen and oxygen atoms in total. The van der Waals surface area contributed by atoms with E-state index in [1.807, 2.05) is 0 Å². The molecule has 1 aliphatic rings. The SMILES string of the molecule is COc1ccc(O[C@@H]2O[C@H](COC(=O)c3cc(OC)c(O)c(OC)c3)[C@@H](O)[C@H](O)[C@H]2O)c(O)c1. The van der Waals surface area contributed by atoms with Gasteiger partial charge < -0.3 is 54.0 Å². The summed E-state index contributed by atoms with van der Waals surface area (Å²) in [6, 6.07) is 6.59. The van der Waals surface area contributed by atoms with Crippen LogP contribution in [0.1, 0.15) is 10.4 Å². The number of aliphatic hydroxyl groups is 3. The first-order chi connectivity index (χ1) is 16.2. The van der Waals surface area contributed by atoms with Gasteiger partial charge in [-0.15, -0.1) is 0 Å². The molecule has 0 saturated carbocycles. The van der Waals surface area contributed by atoms with E-state index in [0.29, 0.717) is 5.75 Å². The molecule has 0 radical (unpaired) electrons. The van der Waals surface area contributed by atoms with E-state index in [9.17, 15) is 30.3 Å². The van der Waals surface area contributed by atoms with E-state index in [0.717, 1.165) is 0 Å². The molecular weight excluding hydrogens is 456 g/mol. The molecule has 0 aromatic heterocycles. The van der Waals surface area contributed by atoms with Gasteiger partial charge in [0.05, 0.1) is 26.9 Å².